The predicted octanol–water partition coefficient (Wildman–Crippen LogP) is 2.09. The van der Waals surface area contributed by atoms with Crippen LogP contribution in [0.4, 0.5) is 5.82 Å². The third-order valence-corrected chi connectivity index (χ3v) is 5.69. The van der Waals surface area contributed by atoms with Crippen molar-refractivity contribution in [1.29, 1.82) is 0 Å². The van der Waals surface area contributed by atoms with Crippen LogP contribution in [0.5, 0.6) is 0 Å². The van der Waals surface area contributed by atoms with Crippen LogP contribution in [0.1, 0.15) is 11.1 Å². The Balaban J connectivity index is 1.39. The third-order valence-electron chi connectivity index (χ3n) is 5.69. The normalized spacial score (nSPS) is 17.9. The molecule has 0 aliphatic carbocycles. The zero-order chi connectivity index (χ0) is 23.0. The van der Waals surface area contributed by atoms with Crippen molar-refractivity contribution in [1.82, 2.24) is 14.5 Å². The molecular weight excluding hydrogens is 420 g/mol. The standard InChI is InChI=1S/C25H28N4O4/c26-23-11-12-28(25(31)27-23)15-24(30)29-13-21(18-32-16-19-7-3-1-4-8-19)22(14-29)33-17-20-9-5-2-6-10-20/h1-12,21-22H,13-18H2,(H2,26,27,31). The number of ether oxygens (including phenoxy) is 2. The molecule has 1 amide bonds. The summed E-state index contributed by atoms with van der Waals surface area (Å²) in [5.41, 5.74) is 7.17. The summed E-state index contributed by atoms with van der Waals surface area (Å²) in [5, 5.41) is 0. The first-order valence-corrected chi connectivity index (χ1v) is 11.0. The van der Waals surface area contributed by atoms with Crippen molar-refractivity contribution < 1.29 is 14.3 Å². The Bertz CT molecular complexity index is 1100. The maximum Gasteiger partial charge on any atom is 0.349 e. The first kappa shape index (κ1) is 22.7. The molecule has 1 aromatic heterocycles. The molecule has 0 bridgehead atoms. The number of likely N-dealkylation sites (tertiary alicyclic amines) is 1. The van der Waals surface area contributed by atoms with Crippen molar-refractivity contribution >= 4 is 11.7 Å². The van der Waals surface area contributed by atoms with E-state index in [1.54, 1.807) is 4.90 Å². The molecule has 1 saturated heterocycles. The zero-order valence-electron chi connectivity index (χ0n) is 18.4. The Labute approximate surface area is 192 Å². The molecule has 8 heteroatoms. The summed E-state index contributed by atoms with van der Waals surface area (Å²) in [6.07, 6.45) is 1.33. The van der Waals surface area contributed by atoms with Crippen LogP contribution in [0.15, 0.2) is 77.7 Å². The number of benzene rings is 2. The number of rotatable bonds is 9. The predicted molar refractivity (Wildman–Crippen MR) is 124 cm³/mol. The Morgan fingerprint density at radius 1 is 0.970 bits per heavy atom. The molecule has 2 unspecified atom stereocenters. The van der Waals surface area contributed by atoms with Gasteiger partial charge in [-0.1, -0.05) is 60.7 Å². The molecular formula is C25H28N4O4. The zero-order valence-corrected chi connectivity index (χ0v) is 18.4. The van der Waals surface area contributed by atoms with Crippen molar-refractivity contribution in [3.8, 4) is 0 Å². The summed E-state index contributed by atoms with van der Waals surface area (Å²) < 4.78 is 13.4. The minimum absolute atomic E-state index is 0.0302. The average molecular weight is 449 g/mol. The number of carbonyl (C=O) groups excluding carboxylic acids is 1. The molecule has 2 aromatic carbocycles. The van der Waals surface area contributed by atoms with E-state index in [9.17, 15) is 9.59 Å². The quantitative estimate of drug-likeness (QED) is 0.538. The van der Waals surface area contributed by atoms with Gasteiger partial charge in [0.1, 0.15) is 12.4 Å². The number of anilines is 1. The van der Waals surface area contributed by atoms with Gasteiger partial charge in [-0.2, -0.15) is 4.98 Å². The Morgan fingerprint density at radius 3 is 2.30 bits per heavy atom. The fraction of sp³-hybridized carbons (Fsp3) is 0.320. The highest BCUT2D eigenvalue weighted by atomic mass is 16.5. The molecule has 3 aromatic rings. The first-order chi connectivity index (χ1) is 16.1. The lowest BCUT2D eigenvalue weighted by molar-refractivity contribution is -0.131. The number of amides is 1. The number of carbonyl (C=O) groups is 1. The minimum atomic E-state index is -0.540. The van der Waals surface area contributed by atoms with Gasteiger partial charge in [-0.25, -0.2) is 4.79 Å². The first-order valence-electron chi connectivity index (χ1n) is 11.0. The monoisotopic (exact) mass is 448 g/mol. The maximum absolute atomic E-state index is 12.9. The summed E-state index contributed by atoms with van der Waals surface area (Å²) in [5.74, 6) is 0.0000532. The lowest BCUT2D eigenvalue weighted by atomic mass is 10.1. The minimum Gasteiger partial charge on any atom is -0.383 e. The topological polar surface area (TPSA) is 99.7 Å². The molecule has 2 N–H and O–H groups in total. The van der Waals surface area contributed by atoms with Crippen molar-refractivity contribution in [2.45, 2.75) is 25.9 Å². The third kappa shape index (κ3) is 6.27. The van der Waals surface area contributed by atoms with Gasteiger partial charge >= 0.3 is 5.69 Å². The van der Waals surface area contributed by atoms with Gasteiger partial charge in [0.05, 0.1) is 25.9 Å². The average Bonchev–Trinajstić information content (AvgIpc) is 3.24. The fourth-order valence-electron chi connectivity index (χ4n) is 3.88. The second-order valence-corrected chi connectivity index (χ2v) is 8.16. The van der Waals surface area contributed by atoms with Gasteiger partial charge in [0.15, 0.2) is 0 Å². The fourth-order valence-corrected chi connectivity index (χ4v) is 3.88. The molecule has 0 spiro atoms. The van der Waals surface area contributed by atoms with Crippen molar-refractivity contribution in [3.63, 3.8) is 0 Å². The summed E-state index contributed by atoms with van der Waals surface area (Å²) in [6.45, 7) is 2.30. The van der Waals surface area contributed by atoms with Gasteiger partial charge in [0.2, 0.25) is 5.91 Å². The van der Waals surface area contributed by atoms with Crippen LogP contribution in [-0.4, -0.2) is 46.2 Å². The van der Waals surface area contributed by atoms with Crippen LogP contribution in [0, 0.1) is 5.92 Å². The van der Waals surface area contributed by atoms with Crippen molar-refractivity contribution in [2.24, 2.45) is 5.92 Å². The highest BCUT2D eigenvalue weighted by Gasteiger charge is 2.36. The highest BCUT2D eigenvalue weighted by molar-refractivity contribution is 5.76. The van der Waals surface area contributed by atoms with E-state index >= 15 is 0 Å². The molecule has 4 rings (SSSR count). The number of hydrogen-bond acceptors (Lipinski definition) is 6. The van der Waals surface area contributed by atoms with E-state index in [-0.39, 0.29) is 30.3 Å². The van der Waals surface area contributed by atoms with Crippen LogP contribution >= 0.6 is 0 Å². The van der Waals surface area contributed by atoms with E-state index in [0.717, 1.165) is 11.1 Å². The Morgan fingerprint density at radius 2 is 1.64 bits per heavy atom. The van der Waals surface area contributed by atoms with Crippen molar-refractivity contribution in [2.75, 3.05) is 25.4 Å². The molecule has 1 fully saturated rings. The highest BCUT2D eigenvalue weighted by Crippen LogP contribution is 2.23. The number of nitrogen functional groups attached to an aromatic ring is 1. The van der Waals surface area contributed by atoms with Crippen LogP contribution < -0.4 is 11.4 Å². The molecule has 0 saturated carbocycles. The van der Waals surface area contributed by atoms with Gasteiger partial charge in [-0.3, -0.25) is 9.36 Å². The summed E-state index contributed by atoms with van der Waals surface area (Å²) in [7, 11) is 0. The van der Waals surface area contributed by atoms with E-state index in [0.29, 0.717) is 32.9 Å². The molecule has 172 valence electrons. The number of nitrogens with zero attached hydrogens (tertiary/aromatic N) is 3. The van der Waals surface area contributed by atoms with Gasteiger partial charge in [-0.05, 0) is 17.2 Å². The van der Waals surface area contributed by atoms with Gasteiger partial charge in [-0.15, -0.1) is 0 Å². The number of hydrogen-bond donors (Lipinski definition) is 1. The van der Waals surface area contributed by atoms with Crippen molar-refractivity contribution in [3.05, 3.63) is 94.5 Å². The lowest BCUT2D eigenvalue weighted by Gasteiger charge is -2.19. The lowest BCUT2D eigenvalue weighted by Crippen LogP contribution is -2.36. The smallest absolute Gasteiger partial charge is 0.349 e. The van der Waals surface area contributed by atoms with E-state index in [4.69, 9.17) is 15.2 Å². The number of aromatic nitrogens is 2. The van der Waals surface area contributed by atoms with Crippen LogP contribution in [0.3, 0.4) is 0 Å². The van der Waals surface area contributed by atoms with E-state index < -0.39 is 5.69 Å². The molecule has 0 radical (unpaired) electrons. The van der Waals surface area contributed by atoms with Crippen LogP contribution in [0.25, 0.3) is 0 Å². The maximum atomic E-state index is 12.9. The van der Waals surface area contributed by atoms with Crippen LogP contribution in [0.2, 0.25) is 0 Å². The van der Waals surface area contributed by atoms with Crippen LogP contribution in [-0.2, 0) is 34.0 Å². The largest absolute Gasteiger partial charge is 0.383 e. The second-order valence-electron chi connectivity index (χ2n) is 8.16. The van der Waals surface area contributed by atoms with Gasteiger partial charge in [0, 0.05) is 25.2 Å². The summed E-state index contributed by atoms with van der Waals surface area (Å²) in [4.78, 5) is 30.4. The van der Waals surface area contributed by atoms with Gasteiger partial charge in [0.25, 0.3) is 0 Å². The van der Waals surface area contributed by atoms with E-state index in [2.05, 4.69) is 4.98 Å². The second kappa shape index (κ2) is 10.9. The van der Waals surface area contributed by atoms with E-state index in [1.165, 1.54) is 16.8 Å². The summed E-state index contributed by atoms with van der Waals surface area (Å²) >= 11 is 0. The Kier molecular flexibility index (Phi) is 7.49. The molecule has 1 aliphatic rings. The Hall–Kier alpha value is -3.49. The molecule has 33 heavy (non-hydrogen) atoms. The number of nitrogens with two attached hydrogens (primary N) is 1. The molecule has 2 atom stereocenters. The molecule has 2 heterocycles. The molecule has 8 nitrogen and oxygen atoms in total. The van der Waals surface area contributed by atoms with E-state index in [1.807, 2.05) is 60.7 Å². The molecule has 1 aliphatic heterocycles. The van der Waals surface area contributed by atoms with Gasteiger partial charge < -0.3 is 20.1 Å². The summed E-state index contributed by atoms with van der Waals surface area (Å²) in [6, 6.07) is 21.4. The SMILES string of the molecule is Nc1ccn(CC(=O)N2CC(COCc3ccccc3)C(OCc3ccccc3)C2)c(=O)n1.